The van der Waals surface area contributed by atoms with E-state index in [1.54, 1.807) is 25.1 Å². The molecule has 29 heavy (non-hydrogen) atoms. The van der Waals surface area contributed by atoms with E-state index in [-0.39, 0.29) is 18.2 Å². The molecule has 3 N–H and O–H groups in total. The summed E-state index contributed by atoms with van der Waals surface area (Å²) in [6.07, 6.45) is 1.47. The van der Waals surface area contributed by atoms with Crippen LogP contribution in [-0.4, -0.2) is 25.0 Å². The van der Waals surface area contributed by atoms with E-state index in [0.29, 0.717) is 23.7 Å². The van der Waals surface area contributed by atoms with Crippen molar-refractivity contribution >= 4 is 17.9 Å². The molecule has 2 rings (SSSR count). The van der Waals surface area contributed by atoms with Crippen molar-refractivity contribution in [2.45, 2.75) is 19.9 Å². The molecule has 0 saturated carbocycles. The van der Waals surface area contributed by atoms with E-state index in [4.69, 9.17) is 15.2 Å². The van der Waals surface area contributed by atoms with Gasteiger partial charge in [-0.2, -0.15) is 5.26 Å². The van der Waals surface area contributed by atoms with Crippen LogP contribution in [0.5, 0.6) is 11.5 Å². The van der Waals surface area contributed by atoms with E-state index in [2.05, 4.69) is 5.32 Å². The summed E-state index contributed by atoms with van der Waals surface area (Å²) in [5.74, 6) is -0.343. The number of rotatable bonds is 9. The average Bonchev–Trinajstić information content (AvgIpc) is 2.72. The molecule has 0 aliphatic heterocycles. The molecule has 7 heteroatoms. The number of benzene rings is 2. The van der Waals surface area contributed by atoms with Gasteiger partial charge >= 0.3 is 0 Å². The lowest BCUT2D eigenvalue weighted by Crippen LogP contribution is -2.27. The number of nitrogens with one attached hydrogen (secondary N) is 1. The van der Waals surface area contributed by atoms with Gasteiger partial charge in [-0.15, -0.1) is 0 Å². The maximum Gasteiger partial charge on any atom is 0.262 e. The second kappa shape index (κ2) is 10.5. The van der Waals surface area contributed by atoms with Gasteiger partial charge in [-0.05, 0) is 43.2 Å². The fourth-order valence-corrected chi connectivity index (χ4v) is 2.57. The van der Waals surface area contributed by atoms with Crippen LogP contribution >= 0.6 is 0 Å². The first-order valence-electron chi connectivity index (χ1n) is 9.10. The van der Waals surface area contributed by atoms with Gasteiger partial charge in [-0.1, -0.05) is 36.4 Å². The van der Waals surface area contributed by atoms with Crippen LogP contribution in [0, 0.1) is 11.3 Å². The Labute approximate surface area is 169 Å². The van der Waals surface area contributed by atoms with Gasteiger partial charge in [0.1, 0.15) is 11.6 Å². The van der Waals surface area contributed by atoms with Gasteiger partial charge < -0.3 is 20.5 Å². The molecule has 7 nitrogen and oxygen atoms in total. The van der Waals surface area contributed by atoms with Crippen LogP contribution in [0.4, 0.5) is 0 Å². The van der Waals surface area contributed by atoms with E-state index < -0.39 is 11.8 Å². The molecule has 0 fully saturated rings. The van der Waals surface area contributed by atoms with Crippen molar-refractivity contribution in [3.63, 3.8) is 0 Å². The highest BCUT2D eigenvalue weighted by molar-refractivity contribution is 6.01. The van der Waals surface area contributed by atoms with Gasteiger partial charge in [0.15, 0.2) is 18.1 Å². The van der Waals surface area contributed by atoms with Gasteiger partial charge in [-0.3, -0.25) is 9.59 Å². The molecular formula is C22H23N3O4. The smallest absolute Gasteiger partial charge is 0.262 e. The summed E-state index contributed by atoms with van der Waals surface area (Å²) in [5, 5.41) is 12.2. The summed E-state index contributed by atoms with van der Waals surface area (Å²) < 4.78 is 10.8. The Hall–Kier alpha value is -3.79. The van der Waals surface area contributed by atoms with Crippen LogP contribution in [0.1, 0.15) is 31.0 Å². The van der Waals surface area contributed by atoms with Crippen molar-refractivity contribution in [3.8, 4) is 17.6 Å². The van der Waals surface area contributed by atoms with Gasteiger partial charge in [0.2, 0.25) is 0 Å². The fraction of sp³-hybridized carbons (Fsp3) is 0.227. The highest BCUT2D eigenvalue weighted by atomic mass is 16.5. The lowest BCUT2D eigenvalue weighted by atomic mass is 10.1. The zero-order valence-corrected chi connectivity index (χ0v) is 16.3. The monoisotopic (exact) mass is 393 g/mol. The number of hydrogen-bond acceptors (Lipinski definition) is 5. The van der Waals surface area contributed by atoms with Crippen LogP contribution in [0.25, 0.3) is 6.08 Å². The van der Waals surface area contributed by atoms with Gasteiger partial charge in [-0.25, -0.2) is 0 Å². The predicted octanol–water partition coefficient (Wildman–Crippen LogP) is 2.73. The lowest BCUT2D eigenvalue weighted by Gasteiger charge is -2.14. The molecule has 1 atom stereocenters. The van der Waals surface area contributed by atoms with E-state index in [0.717, 1.165) is 5.56 Å². The molecule has 0 heterocycles. The van der Waals surface area contributed by atoms with E-state index in [1.165, 1.54) is 6.08 Å². The van der Waals surface area contributed by atoms with Crippen molar-refractivity contribution in [2.75, 3.05) is 13.2 Å². The summed E-state index contributed by atoms with van der Waals surface area (Å²) in [6.45, 7) is 3.75. The third-order valence-electron chi connectivity index (χ3n) is 3.96. The molecule has 2 amide bonds. The number of nitrogens with two attached hydrogens (primary N) is 1. The molecule has 150 valence electrons. The summed E-state index contributed by atoms with van der Waals surface area (Å²) >= 11 is 0. The SMILES string of the molecule is CCOc1cc(/C=C(\C#N)C(=O)N[C@@H](C)c2ccccc2)ccc1OCC(N)=O. The summed E-state index contributed by atoms with van der Waals surface area (Å²) in [5.41, 5.74) is 6.58. The van der Waals surface area contributed by atoms with Crippen LogP contribution in [-0.2, 0) is 9.59 Å². The molecular weight excluding hydrogens is 370 g/mol. The third-order valence-corrected chi connectivity index (χ3v) is 3.96. The molecule has 0 bridgehead atoms. The molecule has 0 radical (unpaired) electrons. The Balaban J connectivity index is 2.20. The predicted molar refractivity (Wildman–Crippen MR) is 109 cm³/mol. The Kier molecular flexibility index (Phi) is 7.80. The average molecular weight is 393 g/mol. The molecule has 2 aromatic rings. The van der Waals surface area contributed by atoms with Crippen molar-refractivity contribution in [2.24, 2.45) is 5.73 Å². The Morgan fingerprint density at radius 3 is 2.52 bits per heavy atom. The van der Waals surface area contributed by atoms with E-state index in [9.17, 15) is 14.9 Å². The van der Waals surface area contributed by atoms with Crippen molar-refractivity contribution in [3.05, 3.63) is 65.2 Å². The number of primary amides is 1. The fourth-order valence-electron chi connectivity index (χ4n) is 2.57. The summed E-state index contributed by atoms with van der Waals surface area (Å²) in [4.78, 5) is 23.4. The van der Waals surface area contributed by atoms with E-state index in [1.807, 2.05) is 43.3 Å². The van der Waals surface area contributed by atoms with Gasteiger partial charge in [0, 0.05) is 0 Å². The normalized spacial score (nSPS) is 11.8. The quantitative estimate of drug-likeness (QED) is 0.502. The number of amides is 2. The maximum absolute atomic E-state index is 12.5. The number of hydrogen-bond donors (Lipinski definition) is 2. The molecule has 0 aliphatic rings. The van der Waals surface area contributed by atoms with Gasteiger partial charge in [0.05, 0.1) is 12.6 Å². The minimum Gasteiger partial charge on any atom is -0.490 e. The van der Waals surface area contributed by atoms with Crippen molar-refractivity contribution < 1.29 is 19.1 Å². The highest BCUT2D eigenvalue weighted by Gasteiger charge is 2.14. The topological polar surface area (TPSA) is 114 Å². The summed E-state index contributed by atoms with van der Waals surface area (Å²) in [7, 11) is 0. The number of carbonyl (C=O) groups excluding carboxylic acids is 2. The number of ether oxygens (including phenoxy) is 2. The van der Waals surface area contributed by atoms with E-state index >= 15 is 0 Å². The zero-order chi connectivity index (χ0) is 21.2. The van der Waals surface area contributed by atoms with Crippen LogP contribution in [0.15, 0.2) is 54.1 Å². The Morgan fingerprint density at radius 1 is 1.17 bits per heavy atom. The van der Waals surface area contributed by atoms with Crippen molar-refractivity contribution in [1.29, 1.82) is 5.26 Å². The molecule has 0 aliphatic carbocycles. The second-order valence-electron chi connectivity index (χ2n) is 6.17. The second-order valence-corrected chi connectivity index (χ2v) is 6.17. The first-order valence-corrected chi connectivity index (χ1v) is 9.10. The minimum absolute atomic E-state index is 0.0407. The Morgan fingerprint density at radius 2 is 1.90 bits per heavy atom. The standard InChI is InChI=1S/C22H23N3O4/c1-3-28-20-12-16(9-10-19(20)29-14-21(24)26)11-18(13-23)22(27)25-15(2)17-7-5-4-6-8-17/h4-12,15H,3,14H2,1-2H3,(H2,24,26)(H,25,27)/b18-11+/t15-/m0/s1. The van der Waals surface area contributed by atoms with Crippen LogP contribution in [0.3, 0.4) is 0 Å². The maximum atomic E-state index is 12.5. The molecule has 0 unspecified atom stereocenters. The number of nitrogens with zero attached hydrogens (tertiary/aromatic N) is 1. The zero-order valence-electron chi connectivity index (χ0n) is 16.3. The largest absolute Gasteiger partial charge is 0.490 e. The molecule has 0 saturated heterocycles. The number of carbonyl (C=O) groups is 2. The third kappa shape index (κ3) is 6.40. The van der Waals surface area contributed by atoms with Crippen molar-refractivity contribution in [1.82, 2.24) is 5.32 Å². The van der Waals surface area contributed by atoms with Crippen LogP contribution in [0.2, 0.25) is 0 Å². The molecule has 0 spiro atoms. The summed E-state index contributed by atoms with van der Waals surface area (Å²) in [6, 6.07) is 16.0. The molecule has 0 aromatic heterocycles. The lowest BCUT2D eigenvalue weighted by molar-refractivity contribution is -0.120. The van der Waals surface area contributed by atoms with Gasteiger partial charge in [0.25, 0.3) is 11.8 Å². The first-order chi connectivity index (χ1) is 13.9. The highest BCUT2D eigenvalue weighted by Crippen LogP contribution is 2.29. The molecule has 2 aromatic carbocycles. The first kappa shape index (κ1) is 21.5. The Bertz CT molecular complexity index is 933. The minimum atomic E-state index is -0.604. The number of nitriles is 1. The van der Waals surface area contributed by atoms with Crippen LogP contribution < -0.4 is 20.5 Å².